The van der Waals surface area contributed by atoms with Crippen LogP contribution < -0.4 is 10.9 Å². The van der Waals surface area contributed by atoms with Gasteiger partial charge in [-0.3, -0.25) is 8.97 Å². The Balaban J connectivity index is 2.04. The molecule has 0 aliphatic heterocycles. The first-order chi connectivity index (χ1) is 12.4. The van der Waals surface area contributed by atoms with Gasteiger partial charge < -0.3 is 15.1 Å². The van der Waals surface area contributed by atoms with E-state index in [1.54, 1.807) is 18.2 Å². The minimum atomic E-state index is -4.58. The van der Waals surface area contributed by atoms with E-state index in [0.29, 0.717) is 22.4 Å². The van der Waals surface area contributed by atoms with Crippen molar-refractivity contribution in [3.63, 3.8) is 0 Å². The summed E-state index contributed by atoms with van der Waals surface area (Å²) in [5.41, 5.74) is 4.14. The lowest BCUT2D eigenvalue weighted by Crippen LogP contribution is -2.15. The third-order valence-electron chi connectivity index (χ3n) is 4.25. The van der Waals surface area contributed by atoms with Crippen molar-refractivity contribution in [1.82, 2.24) is 14.4 Å². The molecule has 0 aliphatic rings. The summed E-state index contributed by atoms with van der Waals surface area (Å²) in [6.45, 7) is 3.96. The number of rotatable bonds is 3. The summed E-state index contributed by atoms with van der Waals surface area (Å²) in [5, 5.41) is 3.28. The average Bonchev–Trinajstić information content (AvgIpc) is 3.04. The number of benzene rings is 2. The lowest BCUT2D eigenvalue weighted by molar-refractivity contribution is 0.385. The summed E-state index contributed by atoms with van der Waals surface area (Å²) in [7, 11) is -4.58. The molecule has 0 fully saturated rings. The van der Waals surface area contributed by atoms with Crippen LogP contribution in [0.15, 0.2) is 42.5 Å². The normalized spacial score (nSPS) is 12.0. The van der Waals surface area contributed by atoms with Crippen molar-refractivity contribution >= 4 is 41.2 Å². The SMILES string of the molecule is Cc1cccc(C)c1Nc1nc2ccccc2n2c(P(=O)(O)O)n[c]c12. The molecule has 0 saturated heterocycles. The predicted molar refractivity (Wildman–Crippen MR) is 100 cm³/mol. The fourth-order valence-electron chi connectivity index (χ4n) is 3.02. The highest BCUT2D eigenvalue weighted by Gasteiger charge is 2.26. The molecule has 2 aromatic heterocycles. The second kappa shape index (κ2) is 5.92. The van der Waals surface area contributed by atoms with Crippen molar-refractivity contribution < 1.29 is 14.4 Å². The molecule has 7 nitrogen and oxygen atoms in total. The lowest BCUT2D eigenvalue weighted by Gasteiger charge is -2.15. The topological polar surface area (TPSA) is 99.8 Å². The van der Waals surface area contributed by atoms with Crippen molar-refractivity contribution in [2.75, 3.05) is 5.32 Å². The summed E-state index contributed by atoms with van der Waals surface area (Å²) in [6.07, 6.45) is 2.71. The summed E-state index contributed by atoms with van der Waals surface area (Å²) >= 11 is 0. The van der Waals surface area contributed by atoms with Crippen LogP contribution in [0.25, 0.3) is 16.6 Å². The summed E-state index contributed by atoms with van der Waals surface area (Å²) in [5.74, 6) is 0.438. The second-order valence-corrected chi connectivity index (χ2v) is 7.58. The Morgan fingerprint density at radius 3 is 2.46 bits per heavy atom. The third kappa shape index (κ3) is 2.66. The largest absolute Gasteiger partial charge is 0.391 e. The molecule has 131 valence electrons. The Morgan fingerprint density at radius 2 is 1.77 bits per heavy atom. The van der Waals surface area contributed by atoms with E-state index in [1.807, 2.05) is 38.1 Å². The first kappa shape index (κ1) is 16.7. The number of hydrogen-bond donors (Lipinski definition) is 3. The van der Waals surface area contributed by atoms with Crippen LogP contribution in [0.3, 0.4) is 0 Å². The molecule has 3 N–H and O–H groups in total. The van der Waals surface area contributed by atoms with Gasteiger partial charge >= 0.3 is 7.60 Å². The second-order valence-electron chi connectivity index (χ2n) is 6.09. The van der Waals surface area contributed by atoms with Gasteiger partial charge in [-0.15, -0.1) is 0 Å². The molecule has 0 bridgehead atoms. The van der Waals surface area contributed by atoms with Gasteiger partial charge in [-0.2, -0.15) is 0 Å². The molecule has 8 heteroatoms. The van der Waals surface area contributed by atoms with Crippen molar-refractivity contribution in [3.8, 4) is 0 Å². The fraction of sp³-hybridized carbons (Fsp3) is 0.111. The van der Waals surface area contributed by atoms with Crippen LogP contribution in [0.5, 0.6) is 0 Å². The number of nitrogens with one attached hydrogen (secondary N) is 1. The van der Waals surface area contributed by atoms with E-state index < -0.39 is 7.60 Å². The van der Waals surface area contributed by atoms with Crippen LogP contribution >= 0.6 is 7.60 Å². The fourth-order valence-corrected chi connectivity index (χ4v) is 3.67. The maximum atomic E-state index is 11.9. The Labute approximate surface area is 149 Å². The van der Waals surface area contributed by atoms with Crippen molar-refractivity contribution in [2.45, 2.75) is 13.8 Å². The van der Waals surface area contributed by atoms with Crippen LogP contribution in [-0.2, 0) is 4.57 Å². The number of aryl methyl sites for hydroxylation is 2. The molecular weight excluding hydrogens is 351 g/mol. The highest BCUT2D eigenvalue weighted by Crippen LogP contribution is 2.35. The highest BCUT2D eigenvalue weighted by molar-refractivity contribution is 7.59. The molecule has 0 unspecified atom stereocenters. The van der Waals surface area contributed by atoms with Gasteiger partial charge in [-0.25, -0.2) is 9.97 Å². The van der Waals surface area contributed by atoms with Gasteiger partial charge in [0, 0.05) is 5.69 Å². The zero-order valence-electron chi connectivity index (χ0n) is 14.1. The van der Waals surface area contributed by atoms with Crippen LogP contribution in [0.1, 0.15) is 11.1 Å². The highest BCUT2D eigenvalue weighted by atomic mass is 31.2. The van der Waals surface area contributed by atoms with Crippen LogP contribution in [0.4, 0.5) is 11.5 Å². The molecule has 26 heavy (non-hydrogen) atoms. The van der Waals surface area contributed by atoms with Crippen LogP contribution in [-0.4, -0.2) is 24.2 Å². The van der Waals surface area contributed by atoms with Gasteiger partial charge in [0.25, 0.3) is 0 Å². The van der Waals surface area contributed by atoms with E-state index in [-0.39, 0.29) is 5.57 Å². The number of aromatic nitrogens is 3. The molecule has 4 rings (SSSR count). The molecule has 0 saturated carbocycles. The van der Waals surface area contributed by atoms with E-state index in [4.69, 9.17) is 0 Å². The minimum Gasteiger partial charge on any atom is -0.338 e. The van der Waals surface area contributed by atoms with E-state index >= 15 is 0 Å². The Bertz CT molecular complexity index is 1180. The number of fused-ring (bicyclic) bond motifs is 3. The molecule has 2 aromatic carbocycles. The van der Waals surface area contributed by atoms with Gasteiger partial charge in [0.15, 0.2) is 5.82 Å². The van der Waals surface area contributed by atoms with Crippen molar-refractivity contribution in [1.29, 1.82) is 0 Å². The number of nitrogens with zero attached hydrogens (tertiary/aromatic N) is 3. The quantitative estimate of drug-likeness (QED) is 0.482. The van der Waals surface area contributed by atoms with Crippen LogP contribution in [0, 0.1) is 20.0 Å². The van der Waals surface area contributed by atoms with Gasteiger partial charge in [-0.05, 0) is 37.1 Å². The van der Waals surface area contributed by atoms with E-state index in [2.05, 4.69) is 21.5 Å². The van der Waals surface area contributed by atoms with Crippen molar-refractivity contribution in [3.05, 3.63) is 59.8 Å². The number of hydrogen-bond acceptors (Lipinski definition) is 4. The van der Waals surface area contributed by atoms with E-state index in [0.717, 1.165) is 16.8 Å². The molecule has 0 amide bonds. The molecule has 4 aromatic rings. The third-order valence-corrected chi connectivity index (χ3v) is 5.07. The van der Waals surface area contributed by atoms with Gasteiger partial charge in [0.2, 0.25) is 5.57 Å². The first-order valence-corrected chi connectivity index (χ1v) is 9.56. The first-order valence-electron chi connectivity index (χ1n) is 7.94. The van der Waals surface area contributed by atoms with Crippen molar-refractivity contribution in [2.24, 2.45) is 0 Å². The van der Waals surface area contributed by atoms with Gasteiger partial charge in [-0.1, -0.05) is 30.3 Å². The molecule has 0 spiro atoms. The molecule has 0 aliphatic carbocycles. The molecule has 1 radical (unpaired) electrons. The monoisotopic (exact) mass is 367 g/mol. The van der Waals surface area contributed by atoms with Crippen LogP contribution in [0.2, 0.25) is 0 Å². The minimum absolute atomic E-state index is 0.351. The summed E-state index contributed by atoms with van der Waals surface area (Å²) in [6, 6.07) is 13.1. The predicted octanol–water partition coefficient (Wildman–Crippen LogP) is 2.85. The smallest absolute Gasteiger partial charge is 0.338 e. The Hall–Kier alpha value is -2.73. The number of anilines is 2. The zero-order valence-corrected chi connectivity index (χ0v) is 15.0. The number of imidazole rings is 1. The van der Waals surface area contributed by atoms with E-state index in [9.17, 15) is 14.4 Å². The molecular formula is C18H16N4O3P. The average molecular weight is 367 g/mol. The molecule has 2 heterocycles. The summed E-state index contributed by atoms with van der Waals surface area (Å²) in [4.78, 5) is 27.8. The maximum Gasteiger partial charge on any atom is 0.391 e. The van der Waals surface area contributed by atoms with E-state index in [1.165, 1.54) is 4.40 Å². The van der Waals surface area contributed by atoms with Gasteiger partial charge in [0.1, 0.15) is 11.7 Å². The Kier molecular flexibility index (Phi) is 3.80. The lowest BCUT2D eigenvalue weighted by atomic mass is 10.1. The van der Waals surface area contributed by atoms with Gasteiger partial charge in [0.05, 0.1) is 11.0 Å². The standard InChI is InChI=1S/C18H16N4O3P/c1-11-6-5-7-12(2)16(11)21-17-15-10-19-18(26(23,24)25)22(15)14-9-4-3-8-13(14)20-17/h3-9H,1-2H3,(H,20,21)(H2,23,24,25). The molecule has 0 atom stereocenters. The Morgan fingerprint density at radius 1 is 1.08 bits per heavy atom. The maximum absolute atomic E-state index is 11.9. The number of para-hydroxylation sites is 3. The zero-order chi connectivity index (χ0) is 18.5. The summed E-state index contributed by atoms with van der Waals surface area (Å²) < 4.78 is 13.3.